The Morgan fingerprint density at radius 1 is 1.25 bits per heavy atom. The number of nitrogens with zero attached hydrogens (tertiary/aromatic N) is 1. The molecule has 0 amide bonds. The third-order valence-corrected chi connectivity index (χ3v) is 5.11. The summed E-state index contributed by atoms with van der Waals surface area (Å²) in [7, 11) is 2.23. The maximum absolute atomic E-state index is 6.51. The average molecular weight is 274 g/mol. The monoisotopic (exact) mass is 274 g/mol. The maximum Gasteiger partial charge on any atom is 0.124 e. The molecule has 1 aliphatic carbocycles. The molecule has 3 rings (SSSR count). The second-order valence-electron chi connectivity index (χ2n) is 6.53. The van der Waals surface area contributed by atoms with Crippen LogP contribution in [-0.4, -0.2) is 30.6 Å². The molecule has 0 radical (unpaired) electrons. The van der Waals surface area contributed by atoms with Crippen molar-refractivity contribution in [3.63, 3.8) is 0 Å². The lowest BCUT2D eigenvalue weighted by atomic mass is 9.85. The lowest BCUT2D eigenvalue weighted by molar-refractivity contribution is 0.0600. The molecule has 1 fully saturated rings. The zero-order valence-corrected chi connectivity index (χ0v) is 12.6. The summed E-state index contributed by atoms with van der Waals surface area (Å²) in [6.07, 6.45) is 5.31. The van der Waals surface area contributed by atoms with E-state index >= 15 is 0 Å². The van der Waals surface area contributed by atoms with E-state index in [2.05, 4.69) is 24.9 Å². The van der Waals surface area contributed by atoms with Crippen LogP contribution in [0.5, 0.6) is 5.75 Å². The van der Waals surface area contributed by atoms with Gasteiger partial charge in [-0.1, -0.05) is 38.0 Å². The first-order valence-electron chi connectivity index (χ1n) is 7.86. The van der Waals surface area contributed by atoms with Gasteiger partial charge in [-0.25, -0.2) is 0 Å². The summed E-state index contributed by atoms with van der Waals surface area (Å²) in [5.41, 5.74) is 7.66. The molecule has 110 valence electrons. The van der Waals surface area contributed by atoms with E-state index < -0.39 is 0 Å². The summed E-state index contributed by atoms with van der Waals surface area (Å²) < 4.78 is 5.92. The summed E-state index contributed by atoms with van der Waals surface area (Å²) in [4.78, 5) is 2.48. The number of fused-ring (bicyclic) bond motifs is 1. The summed E-state index contributed by atoms with van der Waals surface area (Å²) in [5, 5.41) is 0. The fourth-order valence-corrected chi connectivity index (χ4v) is 3.79. The van der Waals surface area contributed by atoms with Crippen LogP contribution < -0.4 is 10.5 Å². The van der Waals surface area contributed by atoms with Crippen molar-refractivity contribution >= 4 is 0 Å². The van der Waals surface area contributed by atoms with E-state index in [0.29, 0.717) is 18.7 Å². The van der Waals surface area contributed by atoms with Crippen LogP contribution in [0.1, 0.15) is 44.2 Å². The van der Waals surface area contributed by atoms with E-state index in [1.807, 2.05) is 18.2 Å². The molecule has 0 spiro atoms. The van der Waals surface area contributed by atoms with Crippen LogP contribution in [-0.2, 0) is 0 Å². The summed E-state index contributed by atoms with van der Waals surface area (Å²) in [5.74, 6) is 1.80. The standard InChI is InChI=1S/C17H26N2O/c1-12-6-5-7-13(10-12)19(2)15-11-20-16-9-4-3-8-14(16)17(15)18/h3-4,8-9,12-13,15,17H,5-7,10-11,18H2,1-2H3. The SMILES string of the molecule is CC1CCCC(N(C)C2COc3ccccc3C2N)C1. The van der Waals surface area contributed by atoms with Crippen LogP contribution in [0.15, 0.2) is 24.3 Å². The molecule has 1 heterocycles. The van der Waals surface area contributed by atoms with E-state index in [9.17, 15) is 0 Å². The topological polar surface area (TPSA) is 38.5 Å². The van der Waals surface area contributed by atoms with Gasteiger partial charge in [0, 0.05) is 11.6 Å². The van der Waals surface area contributed by atoms with Crippen molar-refractivity contribution < 1.29 is 4.74 Å². The Morgan fingerprint density at radius 3 is 2.85 bits per heavy atom. The van der Waals surface area contributed by atoms with Gasteiger partial charge in [0.05, 0.1) is 12.1 Å². The number of rotatable bonds is 2. The largest absolute Gasteiger partial charge is 0.492 e. The zero-order chi connectivity index (χ0) is 14.1. The van der Waals surface area contributed by atoms with Gasteiger partial charge >= 0.3 is 0 Å². The fraction of sp³-hybridized carbons (Fsp3) is 0.647. The van der Waals surface area contributed by atoms with Crippen molar-refractivity contribution in [2.45, 2.75) is 50.7 Å². The molecular formula is C17H26N2O. The number of benzene rings is 1. The number of para-hydroxylation sites is 1. The normalized spacial score (nSPS) is 33.6. The predicted molar refractivity (Wildman–Crippen MR) is 81.8 cm³/mol. The van der Waals surface area contributed by atoms with Crippen LogP contribution in [0.25, 0.3) is 0 Å². The van der Waals surface area contributed by atoms with Gasteiger partial charge < -0.3 is 10.5 Å². The van der Waals surface area contributed by atoms with E-state index in [1.54, 1.807) is 0 Å². The number of nitrogens with two attached hydrogens (primary N) is 1. The molecule has 1 aromatic carbocycles. The molecule has 1 aliphatic heterocycles. The number of hydrogen-bond acceptors (Lipinski definition) is 3. The molecule has 4 unspecified atom stereocenters. The number of ether oxygens (including phenoxy) is 1. The lowest BCUT2D eigenvalue weighted by Gasteiger charge is -2.43. The Labute approximate surface area is 122 Å². The maximum atomic E-state index is 6.51. The van der Waals surface area contributed by atoms with Crippen LogP contribution in [0.2, 0.25) is 0 Å². The van der Waals surface area contributed by atoms with Gasteiger partial charge in [-0.05, 0) is 31.9 Å². The van der Waals surface area contributed by atoms with Crippen molar-refractivity contribution in [2.24, 2.45) is 11.7 Å². The Balaban J connectivity index is 1.74. The minimum Gasteiger partial charge on any atom is -0.492 e. The van der Waals surface area contributed by atoms with Crippen molar-refractivity contribution in [1.29, 1.82) is 0 Å². The first-order chi connectivity index (χ1) is 9.66. The highest BCUT2D eigenvalue weighted by atomic mass is 16.5. The van der Waals surface area contributed by atoms with E-state index in [0.717, 1.165) is 17.2 Å². The van der Waals surface area contributed by atoms with Crippen molar-refractivity contribution in [2.75, 3.05) is 13.7 Å². The van der Waals surface area contributed by atoms with E-state index in [4.69, 9.17) is 10.5 Å². The van der Waals surface area contributed by atoms with Gasteiger partial charge in [-0.15, -0.1) is 0 Å². The minimum absolute atomic E-state index is 0.0576. The van der Waals surface area contributed by atoms with Crippen molar-refractivity contribution in [3.05, 3.63) is 29.8 Å². The first kappa shape index (κ1) is 13.9. The zero-order valence-electron chi connectivity index (χ0n) is 12.6. The molecule has 0 aromatic heterocycles. The number of hydrogen-bond donors (Lipinski definition) is 1. The molecule has 20 heavy (non-hydrogen) atoms. The Kier molecular flexibility index (Phi) is 3.99. The second-order valence-corrected chi connectivity index (χ2v) is 6.53. The molecular weight excluding hydrogens is 248 g/mol. The summed E-state index contributed by atoms with van der Waals surface area (Å²) in [6.45, 7) is 3.08. The van der Waals surface area contributed by atoms with Gasteiger partial charge in [0.2, 0.25) is 0 Å². The quantitative estimate of drug-likeness (QED) is 0.901. The Morgan fingerprint density at radius 2 is 2.05 bits per heavy atom. The van der Waals surface area contributed by atoms with Crippen molar-refractivity contribution in [1.82, 2.24) is 4.90 Å². The summed E-state index contributed by atoms with van der Waals surface area (Å²) >= 11 is 0. The van der Waals surface area contributed by atoms with E-state index in [1.165, 1.54) is 25.7 Å². The highest BCUT2D eigenvalue weighted by molar-refractivity contribution is 5.38. The predicted octanol–water partition coefficient (Wildman–Crippen LogP) is 2.96. The Hall–Kier alpha value is -1.06. The van der Waals surface area contributed by atoms with Crippen LogP contribution in [0.3, 0.4) is 0 Å². The second kappa shape index (κ2) is 5.74. The molecule has 2 N–H and O–H groups in total. The highest BCUT2D eigenvalue weighted by Gasteiger charge is 2.35. The smallest absolute Gasteiger partial charge is 0.124 e. The van der Waals surface area contributed by atoms with Gasteiger partial charge in [0.15, 0.2) is 0 Å². The molecule has 0 saturated heterocycles. The lowest BCUT2D eigenvalue weighted by Crippen LogP contribution is -2.51. The van der Waals surface area contributed by atoms with E-state index in [-0.39, 0.29) is 6.04 Å². The minimum atomic E-state index is 0.0576. The van der Waals surface area contributed by atoms with Crippen LogP contribution in [0, 0.1) is 5.92 Å². The van der Waals surface area contributed by atoms with Gasteiger partial charge in [-0.2, -0.15) is 0 Å². The third kappa shape index (κ3) is 2.57. The van der Waals surface area contributed by atoms with Gasteiger partial charge in [0.1, 0.15) is 12.4 Å². The molecule has 4 atom stereocenters. The number of likely N-dealkylation sites (N-methyl/N-ethyl adjacent to an activating group) is 1. The van der Waals surface area contributed by atoms with Crippen LogP contribution >= 0.6 is 0 Å². The third-order valence-electron chi connectivity index (χ3n) is 5.11. The molecule has 3 heteroatoms. The fourth-order valence-electron chi connectivity index (χ4n) is 3.79. The Bertz CT molecular complexity index is 462. The molecule has 2 aliphatic rings. The highest BCUT2D eigenvalue weighted by Crippen LogP contribution is 2.35. The molecule has 1 saturated carbocycles. The van der Waals surface area contributed by atoms with Gasteiger partial charge in [0.25, 0.3) is 0 Å². The molecule has 3 nitrogen and oxygen atoms in total. The average Bonchev–Trinajstić information content (AvgIpc) is 2.47. The van der Waals surface area contributed by atoms with Gasteiger partial charge in [-0.3, -0.25) is 4.90 Å². The summed E-state index contributed by atoms with van der Waals surface area (Å²) in [6, 6.07) is 9.19. The molecule has 1 aromatic rings. The van der Waals surface area contributed by atoms with Crippen LogP contribution in [0.4, 0.5) is 0 Å². The van der Waals surface area contributed by atoms with Crippen molar-refractivity contribution in [3.8, 4) is 5.75 Å². The molecule has 0 bridgehead atoms. The first-order valence-corrected chi connectivity index (χ1v) is 7.86.